The van der Waals surface area contributed by atoms with Gasteiger partial charge >= 0.3 is 11.9 Å². The molecule has 2 rings (SSSR count). The van der Waals surface area contributed by atoms with Crippen molar-refractivity contribution in [3.8, 4) is 0 Å². The van der Waals surface area contributed by atoms with Crippen molar-refractivity contribution in [3.05, 3.63) is 29.6 Å². The second kappa shape index (κ2) is 4.53. The quantitative estimate of drug-likeness (QED) is 0.799. The van der Waals surface area contributed by atoms with Crippen LogP contribution in [0.1, 0.15) is 35.2 Å². The summed E-state index contributed by atoms with van der Waals surface area (Å²) < 4.78 is 4.86. The van der Waals surface area contributed by atoms with Crippen molar-refractivity contribution in [1.29, 1.82) is 0 Å². The van der Waals surface area contributed by atoms with Crippen LogP contribution in [0.2, 0.25) is 0 Å². The Balaban J connectivity index is 2.13. The van der Waals surface area contributed by atoms with Gasteiger partial charge in [-0.15, -0.1) is 0 Å². The molecular weight excluding hydrogens is 222 g/mol. The van der Waals surface area contributed by atoms with E-state index in [0.717, 1.165) is 5.56 Å². The highest BCUT2D eigenvalue weighted by molar-refractivity contribution is 5.89. The molecule has 5 heteroatoms. The predicted molar refractivity (Wildman–Crippen MR) is 58.7 cm³/mol. The lowest BCUT2D eigenvalue weighted by Gasteiger charge is -2.03. The molecule has 0 aromatic carbocycles. The summed E-state index contributed by atoms with van der Waals surface area (Å²) in [4.78, 5) is 26.2. The Bertz CT molecular complexity index is 458. The van der Waals surface area contributed by atoms with Crippen LogP contribution < -0.4 is 0 Å². The number of aliphatic carboxylic acids is 1. The van der Waals surface area contributed by atoms with Crippen molar-refractivity contribution >= 4 is 11.9 Å². The minimum atomic E-state index is -0.795. The molecular formula is C12H13NO4. The van der Waals surface area contributed by atoms with Crippen LogP contribution in [-0.2, 0) is 9.53 Å². The normalized spacial score (nSPS) is 21.9. The van der Waals surface area contributed by atoms with Crippen molar-refractivity contribution in [2.24, 2.45) is 5.92 Å². The largest absolute Gasteiger partial charge is 0.481 e. The molecule has 1 fully saturated rings. The first-order valence-corrected chi connectivity index (χ1v) is 5.48. The van der Waals surface area contributed by atoms with E-state index in [1.165, 1.54) is 6.20 Å². The summed E-state index contributed by atoms with van der Waals surface area (Å²) in [6, 6.07) is 1.67. The maximum atomic E-state index is 11.5. The number of ether oxygens (including phenoxy) is 1. The third-order valence-electron chi connectivity index (χ3n) is 2.81. The molecule has 17 heavy (non-hydrogen) atoms. The Morgan fingerprint density at radius 2 is 2.29 bits per heavy atom. The van der Waals surface area contributed by atoms with Crippen LogP contribution >= 0.6 is 0 Å². The standard InChI is InChI=1S/C12H13NO4/c1-2-17-12(16)8-3-7(5-13-6-8)9-4-10(9)11(14)15/h3,5-6,9-10H,2,4H2,1H3,(H,14,15). The monoisotopic (exact) mass is 235 g/mol. The zero-order valence-corrected chi connectivity index (χ0v) is 9.42. The van der Waals surface area contributed by atoms with Gasteiger partial charge in [0.1, 0.15) is 0 Å². The molecule has 1 aliphatic rings. The van der Waals surface area contributed by atoms with Gasteiger partial charge in [-0.25, -0.2) is 4.79 Å². The van der Waals surface area contributed by atoms with E-state index >= 15 is 0 Å². The minimum Gasteiger partial charge on any atom is -0.481 e. The summed E-state index contributed by atoms with van der Waals surface area (Å²) >= 11 is 0. The predicted octanol–water partition coefficient (Wildman–Crippen LogP) is 1.45. The van der Waals surface area contributed by atoms with Crippen LogP contribution in [0, 0.1) is 5.92 Å². The Morgan fingerprint density at radius 3 is 2.88 bits per heavy atom. The Labute approximate surface area is 98.4 Å². The number of hydrogen-bond donors (Lipinski definition) is 1. The average molecular weight is 235 g/mol. The second-order valence-corrected chi connectivity index (χ2v) is 4.01. The summed E-state index contributed by atoms with van der Waals surface area (Å²) in [5, 5.41) is 8.84. The highest BCUT2D eigenvalue weighted by Crippen LogP contribution is 2.47. The number of carboxylic acid groups (broad SMARTS) is 1. The fourth-order valence-corrected chi connectivity index (χ4v) is 1.82. The van der Waals surface area contributed by atoms with Crippen molar-refractivity contribution in [2.75, 3.05) is 6.61 Å². The van der Waals surface area contributed by atoms with Gasteiger partial charge in [-0.1, -0.05) is 0 Å². The molecule has 1 aromatic rings. The zero-order valence-electron chi connectivity index (χ0n) is 9.42. The van der Waals surface area contributed by atoms with E-state index in [0.29, 0.717) is 18.6 Å². The van der Waals surface area contributed by atoms with Crippen LogP contribution in [0.15, 0.2) is 18.5 Å². The van der Waals surface area contributed by atoms with E-state index in [2.05, 4.69) is 4.98 Å². The van der Waals surface area contributed by atoms with Crippen molar-refractivity contribution in [1.82, 2.24) is 4.98 Å². The first kappa shape index (κ1) is 11.6. The van der Waals surface area contributed by atoms with E-state index in [4.69, 9.17) is 9.84 Å². The lowest BCUT2D eigenvalue weighted by Crippen LogP contribution is -2.06. The number of nitrogens with zero attached hydrogens (tertiary/aromatic N) is 1. The SMILES string of the molecule is CCOC(=O)c1cncc(C2CC2C(=O)O)c1. The van der Waals surface area contributed by atoms with Gasteiger partial charge in [0.25, 0.3) is 0 Å². The van der Waals surface area contributed by atoms with Crippen LogP contribution in [0.25, 0.3) is 0 Å². The fourth-order valence-electron chi connectivity index (χ4n) is 1.82. The van der Waals surface area contributed by atoms with Gasteiger partial charge in [0.05, 0.1) is 18.1 Å². The third kappa shape index (κ3) is 2.43. The van der Waals surface area contributed by atoms with Gasteiger partial charge in [-0.05, 0) is 30.9 Å². The molecule has 0 bridgehead atoms. The van der Waals surface area contributed by atoms with Gasteiger partial charge in [0, 0.05) is 12.4 Å². The molecule has 0 aliphatic heterocycles. The second-order valence-electron chi connectivity index (χ2n) is 4.01. The Kier molecular flexibility index (Phi) is 3.08. The molecule has 2 atom stereocenters. The highest BCUT2D eigenvalue weighted by Gasteiger charge is 2.44. The molecule has 0 radical (unpaired) electrons. The smallest absolute Gasteiger partial charge is 0.339 e. The Morgan fingerprint density at radius 1 is 1.53 bits per heavy atom. The Hall–Kier alpha value is -1.91. The van der Waals surface area contributed by atoms with Crippen LogP contribution in [0.3, 0.4) is 0 Å². The van der Waals surface area contributed by atoms with Gasteiger partial charge in [0.2, 0.25) is 0 Å². The highest BCUT2D eigenvalue weighted by atomic mass is 16.5. The molecule has 0 amide bonds. The van der Waals surface area contributed by atoms with E-state index in [-0.39, 0.29) is 11.8 Å². The number of carboxylic acids is 1. The number of aromatic nitrogens is 1. The summed E-state index contributed by atoms with van der Waals surface area (Å²) in [6.07, 6.45) is 3.65. The van der Waals surface area contributed by atoms with E-state index in [1.807, 2.05) is 0 Å². The fraction of sp³-hybridized carbons (Fsp3) is 0.417. The first-order valence-electron chi connectivity index (χ1n) is 5.48. The van der Waals surface area contributed by atoms with Gasteiger partial charge in [-0.3, -0.25) is 9.78 Å². The molecule has 0 saturated heterocycles. The molecule has 0 spiro atoms. The zero-order chi connectivity index (χ0) is 12.4. The van der Waals surface area contributed by atoms with E-state index < -0.39 is 11.9 Å². The maximum Gasteiger partial charge on any atom is 0.339 e. The lowest BCUT2D eigenvalue weighted by atomic mass is 10.1. The average Bonchev–Trinajstić information content (AvgIpc) is 3.09. The maximum absolute atomic E-state index is 11.5. The molecule has 1 N–H and O–H groups in total. The van der Waals surface area contributed by atoms with Crippen LogP contribution in [0.4, 0.5) is 0 Å². The number of pyridine rings is 1. The topological polar surface area (TPSA) is 76.5 Å². The molecule has 90 valence electrons. The van der Waals surface area contributed by atoms with Gasteiger partial charge < -0.3 is 9.84 Å². The van der Waals surface area contributed by atoms with Crippen molar-refractivity contribution in [3.63, 3.8) is 0 Å². The van der Waals surface area contributed by atoms with Crippen LogP contribution in [0.5, 0.6) is 0 Å². The third-order valence-corrected chi connectivity index (χ3v) is 2.81. The van der Waals surface area contributed by atoms with Crippen molar-refractivity contribution in [2.45, 2.75) is 19.3 Å². The van der Waals surface area contributed by atoms with E-state index in [9.17, 15) is 9.59 Å². The number of hydrogen-bond acceptors (Lipinski definition) is 4. The summed E-state index contributed by atoms with van der Waals surface area (Å²) in [5.41, 5.74) is 1.17. The molecule has 1 aromatic heterocycles. The van der Waals surface area contributed by atoms with Gasteiger partial charge in [0.15, 0.2) is 0 Å². The summed E-state index contributed by atoms with van der Waals surface area (Å²) in [6.45, 7) is 2.04. The molecule has 1 aliphatic carbocycles. The number of carbonyl (C=O) groups is 2. The molecule has 5 nitrogen and oxygen atoms in total. The lowest BCUT2D eigenvalue weighted by molar-refractivity contribution is -0.138. The molecule has 2 unspecified atom stereocenters. The first-order chi connectivity index (χ1) is 8.13. The molecule has 1 saturated carbocycles. The number of rotatable bonds is 4. The number of carbonyl (C=O) groups excluding carboxylic acids is 1. The number of esters is 1. The van der Waals surface area contributed by atoms with Crippen molar-refractivity contribution < 1.29 is 19.4 Å². The summed E-state index contributed by atoms with van der Waals surface area (Å²) in [5.74, 6) is -1.57. The minimum absolute atomic E-state index is 0.0191. The molecule has 1 heterocycles. The summed E-state index contributed by atoms with van der Waals surface area (Å²) in [7, 11) is 0. The van der Waals surface area contributed by atoms with Crippen LogP contribution in [-0.4, -0.2) is 28.6 Å². The van der Waals surface area contributed by atoms with Gasteiger partial charge in [-0.2, -0.15) is 0 Å². The van der Waals surface area contributed by atoms with E-state index in [1.54, 1.807) is 19.2 Å².